The van der Waals surface area contributed by atoms with Crippen LogP contribution in [0, 0.1) is 5.92 Å². The minimum absolute atomic E-state index is 0.00600. The van der Waals surface area contributed by atoms with E-state index in [-0.39, 0.29) is 30.3 Å². The van der Waals surface area contributed by atoms with Crippen LogP contribution in [-0.4, -0.2) is 18.0 Å². The lowest BCUT2D eigenvalue weighted by atomic mass is 9.84. The van der Waals surface area contributed by atoms with Crippen LogP contribution in [0.15, 0.2) is 24.3 Å². The number of benzene rings is 1. The Morgan fingerprint density at radius 1 is 1.32 bits per heavy atom. The van der Waals surface area contributed by atoms with Gasteiger partial charge in [-0.1, -0.05) is 36.2 Å². The first-order valence-electron chi connectivity index (χ1n) is 7.71. The van der Waals surface area contributed by atoms with Crippen LogP contribution < -0.4 is 5.32 Å². The zero-order valence-electron chi connectivity index (χ0n) is 13.0. The van der Waals surface area contributed by atoms with Crippen molar-refractivity contribution >= 4 is 23.5 Å². The van der Waals surface area contributed by atoms with E-state index in [1.54, 1.807) is 19.9 Å². The number of halogens is 1. The highest BCUT2D eigenvalue weighted by molar-refractivity contribution is 6.31. The topological polar surface area (TPSA) is 55.4 Å². The van der Waals surface area contributed by atoms with Gasteiger partial charge in [0.15, 0.2) is 0 Å². The molecule has 1 aromatic rings. The summed E-state index contributed by atoms with van der Waals surface area (Å²) in [7, 11) is 0. The molecule has 1 amide bonds. The first-order valence-corrected chi connectivity index (χ1v) is 8.09. The number of carbonyl (C=O) groups is 2. The zero-order chi connectivity index (χ0) is 16.1. The molecule has 0 bridgehead atoms. The molecular weight excluding hydrogens is 302 g/mol. The molecule has 1 saturated carbocycles. The lowest BCUT2D eigenvalue weighted by molar-refractivity contribution is -0.148. The number of ether oxygens (including phenoxy) is 1. The minimum Gasteiger partial charge on any atom is -0.463 e. The van der Waals surface area contributed by atoms with E-state index in [2.05, 4.69) is 5.32 Å². The number of rotatable bonds is 6. The van der Waals surface area contributed by atoms with E-state index in [1.165, 1.54) is 0 Å². The van der Waals surface area contributed by atoms with Gasteiger partial charge in [0.05, 0.1) is 18.6 Å². The van der Waals surface area contributed by atoms with Crippen molar-refractivity contribution in [1.29, 1.82) is 0 Å². The normalized spacial score (nSPS) is 16.0. The second-order valence-corrected chi connectivity index (χ2v) is 6.36. The third-order valence-electron chi connectivity index (χ3n) is 3.81. The van der Waals surface area contributed by atoms with Gasteiger partial charge < -0.3 is 10.1 Å². The Bertz CT molecular complexity index is 540. The first-order chi connectivity index (χ1) is 10.5. The fraction of sp³-hybridized carbons (Fsp3) is 0.529. The average molecular weight is 324 g/mol. The summed E-state index contributed by atoms with van der Waals surface area (Å²) in [6.07, 6.45) is 2.82. The third-order valence-corrected chi connectivity index (χ3v) is 4.16. The molecule has 1 N–H and O–H groups in total. The average Bonchev–Trinajstić information content (AvgIpc) is 2.35. The molecule has 4 nitrogen and oxygen atoms in total. The molecule has 2 rings (SSSR count). The van der Waals surface area contributed by atoms with E-state index in [1.807, 2.05) is 18.2 Å². The van der Waals surface area contributed by atoms with Gasteiger partial charge in [-0.15, -0.1) is 0 Å². The molecule has 1 unspecified atom stereocenters. The van der Waals surface area contributed by atoms with Crippen LogP contribution in [0.3, 0.4) is 0 Å². The number of carbonyl (C=O) groups excluding carboxylic acids is 2. The van der Waals surface area contributed by atoms with Gasteiger partial charge in [0.1, 0.15) is 0 Å². The molecule has 0 spiro atoms. The summed E-state index contributed by atoms with van der Waals surface area (Å²) in [5.74, 6) is -0.284. The summed E-state index contributed by atoms with van der Waals surface area (Å²) >= 11 is 6.22. The quantitative estimate of drug-likeness (QED) is 0.813. The number of esters is 1. The van der Waals surface area contributed by atoms with Gasteiger partial charge in [-0.3, -0.25) is 9.59 Å². The molecule has 1 atom stereocenters. The fourth-order valence-corrected chi connectivity index (χ4v) is 2.70. The van der Waals surface area contributed by atoms with E-state index >= 15 is 0 Å². The van der Waals surface area contributed by atoms with Gasteiger partial charge in [-0.25, -0.2) is 0 Å². The molecule has 1 fully saturated rings. The summed E-state index contributed by atoms with van der Waals surface area (Å²) < 4.78 is 5.19. The Morgan fingerprint density at radius 2 is 2.00 bits per heavy atom. The molecular formula is C17H22ClNO3. The number of hydrogen-bond donors (Lipinski definition) is 1. The first kappa shape index (κ1) is 16.8. The van der Waals surface area contributed by atoms with E-state index in [0.29, 0.717) is 5.02 Å². The molecule has 0 heterocycles. The van der Waals surface area contributed by atoms with Crippen molar-refractivity contribution in [1.82, 2.24) is 5.32 Å². The van der Waals surface area contributed by atoms with Crippen molar-refractivity contribution in [3.63, 3.8) is 0 Å². The van der Waals surface area contributed by atoms with Crippen LogP contribution in [0.1, 0.15) is 51.1 Å². The van der Waals surface area contributed by atoms with Crippen molar-refractivity contribution in [2.24, 2.45) is 5.92 Å². The number of hydrogen-bond acceptors (Lipinski definition) is 3. The summed E-state index contributed by atoms with van der Waals surface area (Å²) in [6.45, 7) is 3.60. The van der Waals surface area contributed by atoms with Gasteiger partial charge in [0, 0.05) is 10.9 Å². The molecule has 1 aliphatic rings. The highest BCUT2D eigenvalue weighted by Crippen LogP contribution is 2.30. The molecule has 0 aliphatic heterocycles. The van der Waals surface area contributed by atoms with Crippen LogP contribution in [0.5, 0.6) is 0 Å². The van der Waals surface area contributed by atoms with Crippen LogP contribution in [0.4, 0.5) is 0 Å². The number of amides is 1. The van der Waals surface area contributed by atoms with Gasteiger partial charge in [-0.2, -0.15) is 0 Å². The second kappa shape index (κ2) is 7.63. The predicted octanol–water partition coefficient (Wildman–Crippen LogP) is 3.64. The minimum atomic E-state index is -0.451. The largest absolute Gasteiger partial charge is 0.463 e. The highest BCUT2D eigenvalue weighted by Gasteiger charge is 2.29. The lowest BCUT2D eigenvalue weighted by Crippen LogP contribution is -2.38. The van der Waals surface area contributed by atoms with Crippen LogP contribution >= 0.6 is 11.6 Å². The molecule has 120 valence electrons. The molecule has 1 aliphatic carbocycles. The second-order valence-electron chi connectivity index (χ2n) is 5.95. The highest BCUT2D eigenvalue weighted by atomic mass is 35.5. The van der Waals surface area contributed by atoms with E-state index in [4.69, 9.17) is 16.3 Å². The Balaban J connectivity index is 2.11. The Labute approximate surface area is 136 Å². The van der Waals surface area contributed by atoms with Gasteiger partial charge in [0.2, 0.25) is 5.91 Å². The van der Waals surface area contributed by atoms with Gasteiger partial charge in [-0.05, 0) is 38.3 Å². The summed E-state index contributed by atoms with van der Waals surface area (Å²) in [5.41, 5.74) is 0.748. The maximum atomic E-state index is 12.2. The zero-order valence-corrected chi connectivity index (χ0v) is 13.7. The fourth-order valence-electron chi connectivity index (χ4n) is 2.43. The standard InChI is InChI=1S/C17H22ClNO3/c1-11(2)22-16(20)10-15(13-8-3-4-9-14(13)18)19-17(21)12-6-5-7-12/h3-4,8-9,11-12,15H,5-7,10H2,1-2H3,(H,19,21). The van der Waals surface area contributed by atoms with Crippen molar-refractivity contribution in [3.05, 3.63) is 34.9 Å². The smallest absolute Gasteiger partial charge is 0.308 e. The molecule has 0 radical (unpaired) electrons. The maximum Gasteiger partial charge on any atom is 0.308 e. The van der Waals surface area contributed by atoms with Gasteiger partial charge in [0.25, 0.3) is 0 Å². The molecule has 0 aromatic heterocycles. The molecule has 22 heavy (non-hydrogen) atoms. The molecule has 0 saturated heterocycles. The summed E-state index contributed by atoms with van der Waals surface area (Å²) in [4.78, 5) is 24.2. The Kier molecular flexibility index (Phi) is 5.83. The van der Waals surface area contributed by atoms with E-state index in [0.717, 1.165) is 24.8 Å². The van der Waals surface area contributed by atoms with Crippen LogP contribution in [0.25, 0.3) is 0 Å². The Morgan fingerprint density at radius 3 is 2.55 bits per heavy atom. The van der Waals surface area contributed by atoms with E-state index < -0.39 is 6.04 Å². The van der Waals surface area contributed by atoms with Crippen molar-refractivity contribution in [2.45, 2.75) is 51.7 Å². The SMILES string of the molecule is CC(C)OC(=O)CC(NC(=O)C1CCC1)c1ccccc1Cl. The summed E-state index contributed by atoms with van der Waals surface area (Å²) in [5, 5.41) is 3.50. The van der Waals surface area contributed by atoms with E-state index in [9.17, 15) is 9.59 Å². The molecule has 5 heteroatoms. The Hall–Kier alpha value is -1.55. The van der Waals surface area contributed by atoms with Crippen molar-refractivity contribution in [2.75, 3.05) is 0 Å². The van der Waals surface area contributed by atoms with Gasteiger partial charge >= 0.3 is 5.97 Å². The lowest BCUT2D eigenvalue weighted by Gasteiger charge is -2.28. The van der Waals surface area contributed by atoms with Crippen LogP contribution in [0.2, 0.25) is 5.02 Å². The third kappa shape index (κ3) is 4.47. The summed E-state index contributed by atoms with van der Waals surface area (Å²) in [6, 6.07) is 6.80. The molecule has 1 aromatic carbocycles. The monoisotopic (exact) mass is 323 g/mol. The van der Waals surface area contributed by atoms with Crippen molar-refractivity contribution < 1.29 is 14.3 Å². The predicted molar refractivity (Wildman–Crippen MR) is 85.5 cm³/mol. The van der Waals surface area contributed by atoms with Crippen molar-refractivity contribution in [3.8, 4) is 0 Å². The van der Waals surface area contributed by atoms with Crippen LogP contribution in [-0.2, 0) is 14.3 Å². The number of nitrogens with one attached hydrogen (secondary N) is 1. The maximum absolute atomic E-state index is 12.2.